The van der Waals surface area contributed by atoms with Crippen LogP contribution in [0.25, 0.3) is 11.3 Å². The zero-order valence-electron chi connectivity index (χ0n) is 20.5. The number of amides is 2. The monoisotopic (exact) mass is 516 g/mol. The van der Waals surface area contributed by atoms with Gasteiger partial charge in [0.1, 0.15) is 12.5 Å². The third-order valence-corrected chi connectivity index (χ3v) is 6.27. The second-order valence-electron chi connectivity index (χ2n) is 9.32. The Kier molecular flexibility index (Phi) is 6.15. The molecule has 0 radical (unpaired) electrons. The van der Waals surface area contributed by atoms with Crippen LogP contribution in [-0.4, -0.2) is 24.4 Å². The minimum Gasteiger partial charge on any atom is -0.458 e. The Balaban J connectivity index is 1.56. The zero-order valence-corrected chi connectivity index (χ0v) is 21.2. The van der Waals surface area contributed by atoms with E-state index >= 15 is 0 Å². The summed E-state index contributed by atoms with van der Waals surface area (Å²) in [5, 5.41) is 6.82. The van der Waals surface area contributed by atoms with Crippen LogP contribution in [0.4, 0.5) is 17.1 Å². The number of anilines is 3. The summed E-state index contributed by atoms with van der Waals surface area (Å²) in [6.07, 6.45) is 2.91. The lowest BCUT2D eigenvalue weighted by atomic mass is 9.99. The van der Waals surface area contributed by atoms with Gasteiger partial charge < -0.3 is 30.7 Å². The molecule has 2 aliphatic heterocycles. The maximum absolute atomic E-state index is 13.2. The molecule has 0 spiro atoms. The molecule has 0 fully saturated rings. The van der Waals surface area contributed by atoms with Crippen LogP contribution in [0.2, 0.25) is 5.02 Å². The molecule has 2 aliphatic rings. The average Bonchev–Trinajstić information content (AvgIpc) is 3.20. The van der Waals surface area contributed by atoms with E-state index in [1.807, 2.05) is 36.4 Å². The van der Waals surface area contributed by atoms with Crippen molar-refractivity contribution >= 4 is 51.7 Å². The normalized spacial score (nSPS) is 15.1. The lowest BCUT2D eigenvalue weighted by Crippen LogP contribution is -2.49. The molecule has 3 aromatic rings. The molecule has 0 unspecified atom stereocenters. The summed E-state index contributed by atoms with van der Waals surface area (Å²) in [6, 6.07) is 18.0. The van der Waals surface area contributed by atoms with Gasteiger partial charge in [0.05, 0.1) is 22.5 Å². The minimum atomic E-state index is -0.997. The first-order valence-electron chi connectivity index (χ1n) is 11.5. The number of nitrogens with zero attached hydrogens (tertiary/aromatic N) is 1. The second kappa shape index (κ2) is 9.31. The highest BCUT2D eigenvalue weighted by Crippen LogP contribution is 2.41. The fraction of sp³-hybridized carbons (Fsp3) is 0.143. The van der Waals surface area contributed by atoms with Crippen LogP contribution in [0.3, 0.4) is 0 Å². The Bertz CT molecular complexity index is 1470. The minimum absolute atomic E-state index is 0.209. The van der Waals surface area contributed by atoms with E-state index in [9.17, 15) is 9.59 Å². The third-order valence-electron chi connectivity index (χ3n) is 6.03. The number of benzene rings is 3. The van der Waals surface area contributed by atoms with Crippen molar-refractivity contribution in [2.45, 2.75) is 19.4 Å². The molecule has 188 valence electrons. The summed E-state index contributed by atoms with van der Waals surface area (Å²) < 4.78 is 11.1. The summed E-state index contributed by atoms with van der Waals surface area (Å²) in [4.78, 5) is 27.3. The summed E-state index contributed by atoms with van der Waals surface area (Å²) in [5.74, 6) is 0.619. The quantitative estimate of drug-likeness (QED) is 0.402. The number of nitrogens with one attached hydrogen (secondary N) is 2. The van der Waals surface area contributed by atoms with Crippen molar-refractivity contribution in [1.82, 2.24) is 0 Å². The molecule has 0 bridgehead atoms. The number of carbonyl (C=O) groups excluding carboxylic acids is 2. The van der Waals surface area contributed by atoms with Crippen LogP contribution in [-0.2, 0) is 9.59 Å². The van der Waals surface area contributed by atoms with E-state index in [1.165, 1.54) is 17.4 Å². The maximum Gasteiger partial charge on any atom is 0.258 e. The van der Waals surface area contributed by atoms with Crippen LogP contribution < -0.4 is 30.7 Å². The van der Waals surface area contributed by atoms with E-state index in [1.54, 1.807) is 45.2 Å². The van der Waals surface area contributed by atoms with Crippen molar-refractivity contribution in [3.63, 3.8) is 0 Å². The van der Waals surface area contributed by atoms with E-state index in [0.717, 1.165) is 5.56 Å². The largest absolute Gasteiger partial charge is 0.458 e. The topological polar surface area (TPSA) is 106 Å². The van der Waals surface area contributed by atoms with Gasteiger partial charge in [-0.1, -0.05) is 17.7 Å². The number of halogens is 1. The number of fused-ring (bicyclic) bond motifs is 2. The van der Waals surface area contributed by atoms with Crippen molar-refractivity contribution in [3.8, 4) is 11.5 Å². The average molecular weight is 517 g/mol. The summed E-state index contributed by atoms with van der Waals surface area (Å²) in [5.41, 5.74) is 9.48. The van der Waals surface area contributed by atoms with Gasteiger partial charge in [-0.05, 0) is 68.4 Å². The molecule has 0 saturated heterocycles. The van der Waals surface area contributed by atoms with Gasteiger partial charge >= 0.3 is 0 Å². The number of nitrogens with two attached hydrogens (primary N) is 1. The van der Waals surface area contributed by atoms with Crippen molar-refractivity contribution in [1.29, 1.82) is 0 Å². The number of ether oxygens (including phenoxy) is 2. The van der Waals surface area contributed by atoms with Gasteiger partial charge in [0.15, 0.2) is 11.5 Å². The van der Waals surface area contributed by atoms with Gasteiger partial charge in [-0.2, -0.15) is 0 Å². The molecule has 37 heavy (non-hydrogen) atoms. The molecular formula is C28H25ClN4O4. The molecule has 0 atom stereocenters. The Morgan fingerprint density at radius 1 is 1.00 bits per heavy atom. The number of likely N-dealkylation sites (N-methyl/N-ethyl adjacent to an activating group) is 1. The maximum atomic E-state index is 13.2. The Labute approximate surface area is 219 Å². The number of carbonyl (C=O) groups is 2. The molecular weight excluding hydrogens is 492 g/mol. The number of hydrogen-bond acceptors (Lipinski definition) is 6. The molecule has 4 N–H and O–H groups in total. The Morgan fingerprint density at radius 2 is 1.70 bits per heavy atom. The SMILES string of the molecule is CN(C(=O)C(C)(C)N)c1ccc(N/C(=C2\C(=O)Nc3cc(Cl)ccc32)c2ccc3c(c2)OC=CO3)cc1. The Hall–Kier alpha value is -4.27. The van der Waals surface area contributed by atoms with Crippen LogP contribution in [0, 0.1) is 0 Å². The second-order valence-corrected chi connectivity index (χ2v) is 9.76. The smallest absolute Gasteiger partial charge is 0.258 e. The van der Waals surface area contributed by atoms with E-state index in [4.69, 9.17) is 26.8 Å². The van der Waals surface area contributed by atoms with Crippen molar-refractivity contribution in [3.05, 3.63) is 89.3 Å². The zero-order chi connectivity index (χ0) is 26.3. The number of hydrogen-bond donors (Lipinski definition) is 3. The highest BCUT2D eigenvalue weighted by molar-refractivity contribution is 6.38. The van der Waals surface area contributed by atoms with Gasteiger partial charge in [0.25, 0.3) is 5.91 Å². The van der Waals surface area contributed by atoms with Gasteiger partial charge in [0.2, 0.25) is 5.91 Å². The van der Waals surface area contributed by atoms with Gasteiger partial charge in [-0.25, -0.2) is 0 Å². The first-order chi connectivity index (χ1) is 17.6. The summed E-state index contributed by atoms with van der Waals surface area (Å²) in [6.45, 7) is 3.34. The van der Waals surface area contributed by atoms with E-state index < -0.39 is 5.54 Å². The fourth-order valence-corrected chi connectivity index (χ4v) is 4.36. The van der Waals surface area contributed by atoms with Crippen LogP contribution in [0.15, 0.2) is 73.2 Å². The molecule has 9 heteroatoms. The van der Waals surface area contributed by atoms with Gasteiger partial charge in [-0.15, -0.1) is 0 Å². The number of rotatable bonds is 5. The molecule has 8 nitrogen and oxygen atoms in total. The van der Waals surface area contributed by atoms with E-state index in [0.29, 0.717) is 50.4 Å². The molecule has 0 saturated carbocycles. The van der Waals surface area contributed by atoms with E-state index in [-0.39, 0.29) is 11.8 Å². The lowest BCUT2D eigenvalue weighted by Gasteiger charge is -2.26. The lowest BCUT2D eigenvalue weighted by molar-refractivity contribution is -0.122. The van der Waals surface area contributed by atoms with Gasteiger partial charge in [-0.3, -0.25) is 9.59 Å². The van der Waals surface area contributed by atoms with E-state index in [2.05, 4.69) is 10.6 Å². The van der Waals surface area contributed by atoms with Crippen molar-refractivity contribution < 1.29 is 19.1 Å². The standard InChI is InChI=1S/C28H25ClN4O4/c1-28(2,30)27(35)33(3)19-8-6-18(7-9-19)31-25(16-4-11-22-23(14-16)37-13-12-36-22)24-20-10-5-17(29)15-21(20)32-26(24)34/h4-15,31H,30H2,1-3H3,(H,32,34)/b25-24-. The van der Waals surface area contributed by atoms with Crippen LogP contribution >= 0.6 is 11.6 Å². The summed E-state index contributed by atoms with van der Waals surface area (Å²) in [7, 11) is 1.68. The first kappa shape index (κ1) is 24.4. The molecule has 3 aromatic carbocycles. The molecule has 0 aliphatic carbocycles. The van der Waals surface area contributed by atoms with Gasteiger partial charge in [0, 0.05) is 34.6 Å². The van der Waals surface area contributed by atoms with Crippen molar-refractivity contribution in [2.24, 2.45) is 5.73 Å². The first-order valence-corrected chi connectivity index (χ1v) is 11.9. The highest BCUT2D eigenvalue weighted by atomic mass is 35.5. The third kappa shape index (κ3) is 4.76. The molecule has 0 aromatic heterocycles. The van der Waals surface area contributed by atoms with Crippen LogP contribution in [0.5, 0.6) is 11.5 Å². The summed E-state index contributed by atoms with van der Waals surface area (Å²) >= 11 is 6.16. The predicted molar refractivity (Wildman–Crippen MR) is 145 cm³/mol. The molecule has 5 rings (SSSR count). The fourth-order valence-electron chi connectivity index (χ4n) is 4.19. The van der Waals surface area contributed by atoms with Crippen molar-refractivity contribution in [2.75, 3.05) is 22.6 Å². The highest BCUT2D eigenvalue weighted by Gasteiger charge is 2.30. The van der Waals surface area contributed by atoms with Crippen LogP contribution in [0.1, 0.15) is 25.0 Å². The molecule has 2 heterocycles. The predicted octanol–water partition coefficient (Wildman–Crippen LogP) is 5.22. The Morgan fingerprint density at radius 3 is 2.41 bits per heavy atom. The molecule has 2 amide bonds.